The lowest BCUT2D eigenvalue weighted by Gasteiger charge is -2.43. The maximum absolute atomic E-state index is 9.76. The lowest BCUT2D eigenvalue weighted by Crippen LogP contribution is -2.66. The van der Waals surface area contributed by atoms with Gasteiger partial charge in [-0.25, -0.2) is 4.98 Å². The molecule has 4 nitrogen and oxygen atoms in total. The van der Waals surface area contributed by atoms with Gasteiger partial charge in [-0.15, -0.1) is 11.3 Å². The molecule has 0 aliphatic rings. The van der Waals surface area contributed by atoms with Gasteiger partial charge in [0.15, 0.2) is 0 Å². The zero-order valence-electron chi connectivity index (χ0n) is 22.4. The topological polar surface area (TPSA) is 49.2 Å². The number of nitriles is 1. The standard InChI is InChI=1S/C31H35N3OSSi/c1-24-30(36-23-33-24)25-17-18-26(22-32)29(21-25)34(5)19-12-20-35-37(31(2,3)4,27-13-8-6-9-14-27)28-15-10-7-11-16-28/h6-11,13-18,21,23H,12,19-20H2,1-5H3. The highest BCUT2D eigenvalue weighted by molar-refractivity contribution is 7.13. The van der Waals surface area contributed by atoms with Crippen LogP contribution >= 0.6 is 11.3 Å². The van der Waals surface area contributed by atoms with E-state index in [-0.39, 0.29) is 5.04 Å². The second-order valence-electron chi connectivity index (χ2n) is 10.4. The second-order valence-corrected chi connectivity index (χ2v) is 15.6. The summed E-state index contributed by atoms with van der Waals surface area (Å²) in [5.41, 5.74) is 5.61. The van der Waals surface area contributed by atoms with Crippen molar-refractivity contribution >= 4 is 35.7 Å². The van der Waals surface area contributed by atoms with Crippen molar-refractivity contribution < 1.29 is 4.43 Å². The average Bonchev–Trinajstić information content (AvgIpc) is 3.34. The Morgan fingerprint density at radius 1 is 0.973 bits per heavy atom. The fourth-order valence-corrected chi connectivity index (χ4v) is 10.5. The molecule has 4 rings (SSSR count). The Morgan fingerprint density at radius 2 is 1.59 bits per heavy atom. The molecule has 4 aromatic rings. The van der Waals surface area contributed by atoms with Crippen molar-refractivity contribution in [2.24, 2.45) is 0 Å². The van der Waals surface area contributed by atoms with Crippen LogP contribution in [0.2, 0.25) is 5.04 Å². The predicted molar refractivity (Wildman–Crippen MR) is 158 cm³/mol. The number of rotatable bonds is 9. The van der Waals surface area contributed by atoms with E-state index in [4.69, 9.17) is 4.43 Å². The molecular formula is C31H35N3OSSi. The Bertz CT molecular complexity index is 1320. The number of thiazole rings is 1. The largest absolute Gasteiger partial charge is 0.407 e. The third-order valence-electron chi connectivity index (χ3n) is 6.91. The van der Waals surface area contributed by atoms with Gasteiger partial charge in [-0.05, 0) is 46.5 Å². The molecule has 0 N–H and O–H groups in total. The van der Waals surface area contributed by atoms with E-state index in [0.29, 0.717) is 12.2 Å². The van der Waals surface area contributed by atoms with Crippen LogP contribution in [-0.4, -0.2) is 33.5 Å². The summed E-state index contributed by atoms with van der Waals surface area (Å²) in [6.45, 7) is 10.4. The summed E-state index contributed by atoms with van der Waals surface area (Å²) < 4.78 is 7.05. The van der Waals surface area contributed by atoms with Crippen LogP contribution in [0.3, 0.4) is 0 Å². The number of hydrogen-bond donors (Lipinski definition) is 0. The molecular weight excluding hydrogens is 491 g/mol. The molecule has 0 unspecified atom stereocenters. The van der Waals surface area contributed by atoms with Crippen molar-refractivity contribution in [3.8, 4) is 16.5 Å². The van der Waals surface area contributed by atoms with Gasteiger partial charge in [-0.1, -0.05) is 87.5 Å². The molecule has 0 saturated carbocycles. The van der Waals surface area contributed by atoms with E-state index in [1.165, 1.54) is 10.4 Å². The minimum absolute atomic E-state index is 0.0451. The Hall–Kier alpha value is -3.24. The normalized spacial score (nSPS) is 11.8. The van der Waals surface area contributed by atoms with Crippen LogP contribution in [0.15, 0.2) is 84.4 Å². The first-order chi connectivity index (χ1) is 17.8. The molecule has 0 fully saturated rings. The van der Waals surface area contributed by atoms with Crippen molar-refractivity contribution in [2.75, 3.05) is 25.1 Å². The van der Waals surface area contributed by atoms with Crippen LogP contribution in [-0.2, 0) is 4.43 Å². The van der Waals surface area contributed by atoms with E-state index in [1.807, 2.05) is 24.6 Å². The number of benzene rings is 3. The van der Waals surface area contributed by atoms with Gasteiger partial charge < -0.3 is 9.33 Å². The fraction of sp³-hybridized carbons (Fsp3) is 0.290. The number of hydrogen-bond acceptors (Lipinski definition) is 5. The van der Waals surface area contributed by atoms with Crippen LogP contribution in [0.4, 0.5) is 5.69 Å². The van der Waals surface area contributed by atoms with Crippen LogP contribution in [0.5, 0.6) is 0 Å². The first-order valence-electron chi connectivity index (χ1n) is 12.7. The quantitative estimate of drug-likeness (QED) is 0.188. The molecule has 0 saturated heterocycles. The summed E-state index contributed by atoms with van der Waals surface area (Å²) >= 11 is 1.63. The van der Waals surface area contributed by atoms with Crippen LogP contribution < -0.4 is 15.3 Å². The number of aromatic nitrogens is 1. The lowest BCUT2D eigenvalue weighted by molar-refractivity contribution is 0.293. The molecule has 0 atom stereocenters. The zero-order valence-corrected chi connectivity index (χ0v) is 24.2. The fourth-order valence-electron chi connectivity index (χ4n) is 5.07. The first-order valence-corrected chi connectivity index (χ1v) is 15.5. The number of nitrogens with zero attached hydrogens (tertiary/aromatic N) is 3. The number of aryl methyl sites for hydroxylation is 1. The summed E-state index contributed by atoms with van der Waals surface area (Å²) in [5.74, 6) is 0. The molecule has 0 aliphatic heterocycles. The van der Waals surface area contributed by atoms with Crippen molar-refractivity contribution in [3.05, 3.63) is 95.6 Å². The predicted octanol–water partition coefficient (Wildman–Crippen LogP) is 6.39. The Morgan fingerprint density at radius 3 is 2.11 bits per heavy atom. The van der Waals surface area contributed by atoms with E-state index >= 15 is 0 Å². The van der Waals surface area contributed by atoms with E-state index in [1.54, 1.807) is 11.3 Å². The van der Waals surface area contributed by atoms with E-state index < -0.39 is 8.32 Å². The van der Waals surface area contributed by atoms with Gasteiger partial charge in [0.25, 0.3) is 8.32 Å². The van der Waals surface area contributed by atoms with Gasteiger partial charge in [0.05, 0.1) is 27.3 Å². The van der Waals surface area contributed by atoms with Crippen molar-refractivity contribution in [1.82, 2.24) is 4.98 Å². The minimum Gasteiger partial charge on any atom is -0.407 e. The lowest BCUT2D eigenvalue weighted by atomic mass is 10.1. The Labute approximate surface area is 226 Å². The van der Waals surface area contributed by atoms with Gasteiger partial charge in [0.1, 0.15) is 6.07 Å². The maximum Gasteiger partial charge on any atom is 0.261 e. The van der Waals surface area contributed by atoms with Crippen molar-refractivity contribution in [2.45, 2.75) is 39.2 Å². The van der Waals surface area contributed by atoms with Crippen LogP contribution in [0, 0.1) is 18.3 Å². The molecule has 0 spiro atoms. The molecule has 6 heteroatoms. The first kappa shape index (κ1) is 26.8. The molecule has 3 aromatic carbocycles. The molecule has 37 heavy (non-hydrogen) atoms. The van der Waals surface area contributed by atoms with Crippen molar-refractivity contribution in [3.63, 3.8) is 0 Å². The van der Waals surface area contributed by atoms with Crippen LogP contribution in [0.25, 0.3) is 10.4 Å². The van der Waals surface area contributed by atoms with Gasteiger partial charge >= 0.3 is 0 Å². The average molecular weight is 526 g/mol. The third kappa shape index (κ3) is 5.54. The van der Waals surface area contributed by atoms with E-state index in [9.17, 15) is 5.26 Å². The summed E-state index contributed by atoms with van der Waals surface area (Å²) in [6.07, 6.45) is 0.857. The highest BCUT2D eigenvalue weighted by atomic mass is 32.1. The van der Waals surface area contributed by atoms with Crippen LogP contribution in [0.1, 0.15) is 38.4 Å². The molecule has 1 heterocycles. The summed E-state index contributed by atoms with van der Waals surface area (Å²) in [7, 11) is -0.489. The Balaban J connectivity index is 1.55. The molecule has 0 amide bonds. The van der Waals surface area contributed by atoms with Gasteiger partial charge in [0, 0.05) is 20.2 Å². The summed E-state index contributed by atoms with van der Waals surface area (Å²) in [5, 5.41) is 12.3. The molecule has 0 aliphatic carbocycles. The molecule has 0 radical (unpaired) electrons. The minimum atomic E-state index is -2.55. The highest BCUT2D eigenvalue weighted by Crippen LogP contribution is 2.37. The number of anilines is 1. The van der Waals surface area contributed by atoms with E-state index in [2.05, 4.69) is 111 Å². The third-order valence-corrected chi connectivity index (χ3v) is 12.9. The molecule has 190 valence electrons. The maximum atomic E-state index is 9.76. The molecule has 0 bridgehead atoms. The summed E-state index contributed by atoms with van der Waals surface area (Å²) in [6, 6.07) is 29.9. The monoisotopic (exact) mass is 525 g/mol. The van der Waals surface area contributed by atoms with Gasteiger partial charge in [-0.2, -0.15) is 5.26 Å². The van der Waals surface area contributed by atoms with E-state index in [0.717, 1.165) is 34.8 Å². The SMILES string of the molecule is Cc1ncsc1-c1ccc(C#N)c(N(C)CCCO[Si](c2ccccc2)(c2ccccc2)C(C)(C)C)c1. The van der Waals surface area contributed by atoms with Gasteiger partial charge in [0.2, 0.25) is 0 Å². The second kappa shape index (κ2) is 11.4. The van der Waals surface area contributed by atoms with Crippen molar-refractivity contribution in [1.29, 1.82) is 5.26 Å². The Kier molecular flexibility index (Phi) is 8.28. The highest BCUT2D eigenvalue weighted by Gasteiger charge is 2.49. The zero-order chi connectivity index (χ0) is 26.5. The molecule has 1 aromatic heterocycles. The summed E-state index contributed by atoms with van der Waals surface area (Å²) in [4.78, 5) is 7.71. The van der Waals surface area contributed by atoms with Gasteiger partial charge in [-0.3, -0.25) is 0 Å². The smallest absolute Gasteiger partial charge is 0.261 e.